The largest absolute Gasteiger partial charge is 0.345 e. The third-order valence-corrected chi connectivity index (χ3v) is 5.32. The second-order valence-corrected chi connectivity index (χ2v) is 6.23. The van der Waals surface area contributed by atoms with Crippen molar-refractivity contribution < 1.29 is 4.79 Å². The van der Waals surface area contributed by atoms with Crippen LogP contribution < -0.4 is 5.32 Å². The van der Waals surface area contributed by atoms with Gasteiger partial charge in [0, 0.05) is 19.5 Å². The van der Waals surface area contributed by atoms with Crippen LogP contribution in [0, 0.1) is 29.6 Å². The van der Waals surface area contributed by atoms with Gasteiger partial charge in [-0.05, 0) is 62.9 Å². The summed E-state index contributed by atoms with van der Waals surface area (Å²) in [5.41, 5.74) is 0. The van der Waals surface area contributed by atoms with Crippen LogP contribution in [0.15, 0.2) is 0 Å². The monoisotopic (exact) mass is 236 g/mol. The SMILES string of the molecule is CNCCCN(C)C(=O)C1C2C3CCC(C3)C12. The Hall–Kier alpha value is -0.570. The van der Waals surface area contributed by atoms with Crippen LogP contribution in [-0.4, -0.2) is 38.0 Å². The van der Waals surface area contributed by atoms with E-state index in [0.717, 1.165) is 43.2 Å². The molecule has 0 aliphatic heterocycles. The lowest BCUT2D eigenvalue weighted by Crippen LogP contribution is -2.32. The molecule has 3 rings (SSSR count). The Morgan fingerprint density at radius 1 is 1.29 bits per heavy atom. The van der Waals surface area contributed by atoms with Crippen LogP contribution in [0.1, 0.15) is 25.7 Å². The molecule has 0 aromatic carbocycles. The number of hydrogen-bond acceptors (Lipinski definition) is 2. The summed E-state index contributed by atoms with van der Waals surface area (Å²) >= 11 is 0. The molecule has 4 atom stereocenters. The predicted octanol–water partition coefficient (Wildman–Crippen LogP) is 1.35. The molecule has 0 aromatic rings. The minimum Gasteiger partial charge on any atom is -0.345 e. The molecule has 3 aliphatic carbocycles. The quantitative estimate of drug-likeness (QED) is 0.731. The van der Waals surface area contributed by atoms with Crippen LogP contribution in [0.25, 0.3) is 0 Å². The van der Waals surface area contributed by atoms with Gasteiger partial charge in [-0.3, -0.25) is 4.79 Å². The fourth-order valence-electron chi connectivity index (χ4n) is 4.51. The summed E-state index contributed by atoms with van der Waals surface area (Å²) in [7, 11) is 3.94. The van der Waals surface area contributed by atoms with E-state index in [1.165, 1.54) is 19.3 Å². The fourth-order valence-corrected chi connectivity index (χ4v) is 4.51. The number of hydrogen-bond donors (Lipinski definition) is 1. The minimum absolute atomic E-state index is 0.417. The molecule has 3 aliphatic rings. The Kier molecular flexibility index (Phi) is 2.89. The van der Waals surface area contributed by atoms with E-state index in [2.05, 4.69) is 5.32 Å². The summed E-state index contributed by atoms with van der Waals surface area (Å²) in [6.45, 7) is 1.91. The van der Waals surface area contributed by atoms with Crippen LogP contribution in [0.5, 0.6) is 0 Å². The Balaban J connectivity index is 1.51. The van der Waals surface area contributed by atoms with Gasteiger partial charge < -0.3 is 10.2 Å². The van der Waals surface area contributed by atoms with Gasteiger partial charge in [-0.1, -0.05) is 0 Å². The maximum absolute atomic E-state index is 12.3. The summed E-state index contributed by atoms with van der Waals surface area (Å²) in [5, 5.41) is 3.13. The van der Waals surface area contributed by atoms with Crippen molar-refractivity contribution in [1.29, 1.82) is 0 Å². The second kappa shape index (κ2) is 4.27. The van der Waals surface area contributed by atoms with E-state index < -0.39 is 0 Å². The van der Waals surface area contributed by atoms with Gasteiger partial charge in [-0.2, -0.15) is 0 Å². The van der Waals surface area contributed by atoms with Crippen molar-refractivity contribution >= 4 is 5.91 Å². The smallest absolute Gasteiger partial charge is 0.226 e. The molecule has 3 saturated carbocycles. The predicted molar refractivity (Wildman–Crippen MR) is 67.5 cm³/mol. The van der Waals surface area contributed by atoms with Crippen molar-refractivity contribution in [2.75, 3.05) is 27.2 Å². The van der Waals surface area contributed by atoms with Crippen molar-refractivity contribution in [1.82, 2.24) is 10.2 Å². The number of carbonyl (C=O) groups is 1. The fraction of sp³-hybridized carbons (Fsp3) is 0.929. The maximum Gasteiger partial charge on any atom is 0.226 e. The molecule has 0 aromatic heterocycles. The second-order valence-electron chi connectivity index (χ2n) is 6.23. The Bertz CT molecular complexity index is 301. The average Bonchev–Trinajstić information content (AvgIpc) is 2.76. The molecular formula is C14H24N2O. The third kappa shape index (κ3) is 1.79. The molecule has 1 amide bonds. The van der Waals surface area contributed by atoms with Crippen LogP contribution in [0.4, 0.5) is 0 Å². The number of rotatable bonds is 5. The van der Waals surface area contributed by atoms with Gasteiger partial charge in [0.15, 0.2) is 0 Å². The number of fused-ring (bicyclic) bond motifs is 5. The zero-order valence-corrected chi connectivity index (χ0v) is 11.0. The summed E-state index contributed by atoms with van der Waals surface area (Å²) in [5.74, 6) is 4.24. The first-order chi connectivity index (χ1) is 8.24. The van der Waals surface area contributed by atoms with E-state index in [4.69, 9.17) is 0 Å². The molecular weight excluding hydrogens is 212 g/mol. The molecule has 2 bridgehead atoms. The normalized spacial score (nSPS) is 41.4. The van der Waals surface area contributed by atoms with E-state index in [0.29, 0.717) is 11.8 Å². The van der Waals surface area contributed by atoms with Gasteiger partial charge in [0.25, 0.3) is 0 Å². The van der Waals surface area contributed by atoms with E-state index >= 15 is 0 Å². The van der Waals surface area contributed by atoms with Gasteiger partial charge >= 0.3 is 0 Å². The topological polar surface area (TPSA) is 32.3 Å². The van der Waals surface area contributed by atoms with Gasteiger partial charge in [-0.15, -0.1) is 0 Å². The number of nitrogens with one attached hydrogen (secondary N) is 1. The van der Waals surface area contributed by atoms with E-state index in [-0.39, 0.29) is 0 Å². The average molecular weight is 236 g/mol. The highest BCUT2D eigenvalue weighted by molar-refractivity contribution is 5.82. The van der Waals surface area contributed by atoms with Crippen LogP contribution >= 0.6 is 0 Å². The molecule has 3 nitrogen and oxygen atoms in total. The Morgan fingerprint density at radius 3 is 2.53 bits per heavy atom. The van der Waals surface area contributed by atoms with E-state index in [1.807, 2.05) is 19.0 Å². The molecule has 3 fully saturated rings. The lowest BCUT2D eigenvalue weighted by molar-refractivity contribution is -0.132. The zero-order chi connectivity index (χ0) is 12.0. The van der Waals surface area contributed by atoms with Gasteiger partial charge in [-0.25, -0.2) is 0 Å². The first-order valence-corrected chi connectivity index (χ1v) is 7.13. The standard InChI is InChI=1S/C14H24N2O/c1-15-6-3-7-16(2)14(17)13-11-9-4-5-10(8-9)12(11)13/h9-13,15H,3-8H2,1-2H3. The molecule has 17 heavy (non-hydrogen) atoms. The highest BCUT2D eigenvalue weighted by Gasteiger charge is 2.67. The van der Waals surface area contributed by atoms with E-state index in [9.17, 15) is 4.79 Å². The highest BCUT2D eigenvalue weighted by Crippen LogP contribution is 2.69. The molecule has 1 N–H and O–H groups in total. The summed E-state index contributed by atoms with van der Waals surface area (Å²) < 4.78 is 0. The zero-order valence-electron chi connectivity index (χ0n) is 11.0. The maximum atomic E-state index is 12.3. The van der Waals surface area contributed by atoms with Gasteiger partial charge in [0.2, 0.25) is 5.91 Å². The molecule has 0 heterocycles. The van der Waals surface area contributed by atoms with Crippen molar-refractivity contribution in [2.45, 2.75) is 25.7 Å². The molecule has 4 unspecified atom stereocenters. The molecule has 0 spiro atoms. The minimum atomic E-state index is 0.417. The number of carbonyl (C=O) groups excluding carboxylic acids is 1. The lowest BCUT2D eigenvalue weighted by Gasteiger charge is -2.19. The molecule has 3 heteroatoms. The third-order valence-electron chi connectivity index (χ3n) is 5.32. The summed E-state index contributed by atoms with van der Waals surface area (Å²) in [6.07, 6.45) is 5.30. The van der Waals surface area contributed by atoms with Crippen LogP contribution in [0.3, 0.4) is 0 Å². The first kappa shape index (κ1) is 11.5. The Morgan fingerprint density at radius 2 is 1.94 bits per heavy atom. The summed E-state index contributed by atoms with van der Waals surface area (Å²) in [4.78, 5) is 14.3. The highest BCUT2D eigenvalue weighted by atomic mass is 16.2. The van der Waals surface area contributed by atoms with Gasteiger partial charge in [0.05, 0.1) is 0 Å². The van der Waals surface area contributed by atoms with Crippen LogP contribution in [0.2, 0.25) is 0 Å². The van der Waals surface area contributed by atoms with E-state index in [1.54, 1.807) is 0 Å². The van der Waals surface area contributed by atoms with Crippen molar-refractivity contribution in [3.8, 4) is 0 Å². The molecule has 0 saturated heterocycles. The van der Waals surface area contributed by atoms with Crippen molar-refractivity contribution in [2.24, 2.45) is 29.6 Å². The van der Waals surface area contributed by atoms with Crippen molar-refractivity contribution in [3.05, 3.63) is 0 Å². The Labute approximate surface area is 104 Å². The molecule has 96 valence electrons. The number of nitrogens with zero attached hydrogens (tertiary/aromatic N) is 1. The summed E-state index contributed by atoms with van der Waals surface area (Å²) in [6, 6.07) is 0. The van der Waals surface area contributed by atoms with Gasteiger partial charge in [0.1, 0.15) is 0 Å². The lowest BCUT2D eigenvalue weighted by atomic mass is 10.0. The van der Waals surface area contributed by atoms with Crippen molar-refractivity contribution in [3.63, 3.8) is 0 Å². The van der Waals surface area contributed by atoms with Crippen LogP contribution in [-0.2, 0) is 4.79 Å². The molecule has 0 radical (unpaired) electrons. The number of amides is 1. The first-order valence-electron chi connectivity index (χ1n) is 7.13.